The molecule has 2 N–H and O–H groups in total. The van der Waals surface area contributed by atoms with Crippen LogP contribution in [0.1, 0.15) is 5.56 Å². The maximum atomic E-state index is 9.05. The maximum absolute atomic E-state index is 9.05. The van der Waals surface area contributed by atoms with Crippen LogP contribution < -0.4 is 10.4 Å². The van der Waals surface area contributed by atoms with E-state index in [0.29, 0.717) is 5.46 Å². The van der Waals surface area contributed by atoms with Gasteiger partial charge in [-0.2, -0.15) is 0 Å². The molecule has 14 heavy (non-hydrogen) atoms. The number of rotatable bonds is 3. The molecule has 0 bridgehead atoms. The van der Waals surface area contributed by atoms with Crippen LogP contribution in [0.15, 0.2) is 24.8 Å². The number of benzene rings is 1. The van der Waals surface area contributed by atoms with E-state index in [0.717, 1.165) is 11.3 Å². The standard InChI is InChI=1S/C10H14BNO2/c1-4-8-5-9(11(13)14)7-10(6-8)12(2)3/h4-7,13-14H,1H2,2-3H3. The first-order valence-corrected chi connectivity index (χ1v) is 4.35. The van der Waals surface area contributed by atoms with Crippen LogP contribution in [0.25, 0.3) is 6.08 Å². The van der Waals surface area contributed by atoms with Crippen molar-refractivity contribution in [2.75, 3.05) is 19.0 Å². The van der Waals surface area contributed by atoms with E-state index in [1.54, 1.807) is 18.2 Å². The third kappa shape index (κ3) is 2.37. The van der Waals surface area contributed by atoms with Crippen molar-refractivity contribution in [1.29, 1.82) is 0 Å². The molecule has 0 radical (unpaired) electrons. The van der Waals surface area contributed by atoms with Crippen molar-refractivity contribution in [3.05, 3.63) is 30.3 Å². The number of hydrogen-bond donors (Lipinski definition) is 2. The second kappa shape index (κ2) is 4.31. The average molecular weight is 191 g/mol. The summed E-state index contributed by atoms with van der Waals surface area (Å²) in [5.74, 6) is 0. The zero-order valence-corrected chi connectivity index (χ0v) is 8.44. The molecule has 0 aliphatic carbocycles. The fraction of sp³-hybridized carbons (Fsp3) is 0.200. The molecule has 3 nitrogen and oxygen atoms in total. The summed E-state index contributed by atoms with van der Waals surface area (Å²) in [4.78, 5) is 1.90. The zero-order valence-electron chi connectivity index (χ0n) is 8.44. The van der Waals surface area contributed by atoms with Crippen LogP contribution in [0.5, 0.6) is 0 Å². The van der Waals surface area contributed by atoms with E-state index >= 15 is 0 Å². The molecule has 0 atom stereocenters. The van der Waals surface area contributed by atoms with Crippen molar-refractivity contribution in [2.45, 2.75) is 0 Å². The van der Waals surface area contributed by atoms with Crippen LogP contribution in [-0.4, -0.2) is 31.3 Å². The highest BCUT2D eigenvalue weighted by Crippen LogP contribution is 2.12. The number of hydrogen-bond acceptors (Lipinski definition) is 3. The van der Waals surface area contributed by atoms with E-state index < -0.39 is 7.12 Å². The summed E-state index contributed by atoms with van der Waals surface area (Å²) in [6.45, 7) is 3.65. The molecule has 1 aromatic carbocycles. The SMILES string of the molecule is C=Cc1cc(B(O)O)cc(N(C)C)c1. The highest BCUT2D eigenvalue weighted by Gasteiger charge is 2.12. The van der Waals surface area contributed by atoms with E-state index in [-0.39, 0.29) is 0 Å². The van der Waals surface area contributed by atoms with E-state index in [1.807, 2.05) is 25.1 Å². The quantitative estimate of drug-likeness (QED) is 0.664. The molecular weight excluding hydrogens is 177 g/mol. The Balaban J connectivity index is 3.20. The predicted molar refractivity (Wildman–Crippen MR) is 60.7 cm³/mol. The first kappa shape index (κ1) is 10.8. The Morgan fingerprint density at radius 1 is 1.29 bits per heavy atom. The molecule has 0 aromatic heterocycles. The summed E-state index contributed by atoms with van der Waals surface area (Å²) < 4.78 is 0. The fourth-order valence-electron chi connectivity index (χ4n) is 1.18. The maximum Gasteiger partial charge on any atom is 0.488 e. The minimum Gasteiger partial charge on any atom is -0.423 e. The molecule has 1 aromatic rings. The molecule has 0 heterocycles. The van der Waals surface area contributed by atoms with Crippen molar-refractivity contribution in [2.24, 2.45) is 0 Å². The molecular formula is C10H14BNO2. The fourth-order valence-corrected chi connectivity index (χ4v) is 1.18. The van der Waals surface area contributed by atoms with Crippen LogP contribution in [0.2, 0.25) is 0 Å². The summed E-state index contributed by atoms with van der Waals surface area (Å²) >= 11 is 0. The first-order chi connectivity index (χ1) is 6.54. The Labute approximate surface area is 84.4 Å². The zero-order chi connectivity index (χ0) is 10.7. The molecule has 0 spiro atoms. The Morgan fingerprint density at radius 3 is 2.36 bits per heavy atom. The van der Waals surface area contributed by atoms with Gasteiger partial charge in [0.05, 0.1) is 0 Å². The highest BCUT2D eigenvalue weighted by atomic mass is 16.4. The highest BCUT2D eigenvalue weighted by molar-refractivity contribution is 6.58. The van der Waals surface area contributed by atoms with Gasteiger partial charge in [0, 0.05) is 19.8 Å². The first-order valence-electron chi connectivity index (χ1n) is 4.35. The normalized spacial score (nSPS) is 9.71. The minimum absolute atomic E-state index is 0.478. The molecule has 0 aliphatic heterocycles. The monoisotopic (exact) mass is 191 g/mol. The topological polar surface area (TPSA) is 43.7 Å². The summed E-state index contributed by atoms with van der Waals surface area (Å²) in [5, 5.41) is 18.1. The molecule has 0 fully saturated rings. The van der Waals surface area contributed by atoms with Gasteiger partial charge in [-0.3, -0.25) is 0 Å². The lowest BCUT2D eigenvalue weighted by Crippen LogP contribution is -2.30. The largest absolute Gasteiger partial charge is 0.488 e. The van der Waals surface area contributed by atoms with E-state index in [2.05, 4.69) is 6.58 Å². The van der Waals surface area contributed by atoms with Gasteiger partial charge < -0.3 is 14.9 Å². The van der Waals surface area contributed by atoms with Gasteiger partial charge in [0.2, 0.25) is 0 Å². The smallest absolute Gasteiger partial charge is 0.423 e. The lowest BCUT2D eigenvalue weighted by molar-refractivity contribution is 0.426. The second-order valence-electron chi connectivity index (χ2n) is 3.33. The third-order valence-electron chi connectivity index (χ3n) is 2.01. The molecule has 0 aliphatic rings. The van der Waals surface area contributed by atoms with E-state index in [1.165, 1.54) is 0 Å². The number of nitrogens with zero attached hydrogens (tertiary/aromatic N) is 1. The van der Waals surface area contributed by atoms with Crippen molar-refractivity contribution in [3.8, 4) is 0 Å². The molecule has 0 unspecified atom stereocenters. The van der Waals surface area contributed by atoms with Crippen LogP contribution in [0.4, 0.5) is 5.69 Å². The molecule has 0 saturated carbocycles. The van der Waals surface area contributed by atoms with Gasteiger partial charge in [-0.05, 0) is 23.2 Å². The summed E-state index contributed by atoms with van der Waals surface area (Å²) in [6, 6.07) is 5.36. The lowest BCUT2D eigenvalue weighted by Gasteiger charge is -2.14. The van der Waals surface area contributed by atoms with Crippen LogP contribution >= 0.6 is 0 Å². The van der Waals surface area contributed by atoms with Gasteiger partial charge in [0.15, 0.2) is 0 Å². The predicted octanol–water partition coefficient (Wildman–Crippen LogP) is 0.0754. The van der Waals surface area contributed by atoms with Gasteiger partial charge in [0.25, 0.3) is 0 Å². The van der Waals surface area contributed by atoms with Crippen LogP contribution in [0.3, 0.4) is 0 Å². The van der Waals surface area contributed by atoms with E-state index in [9.17, 15) is 0 Å². The Morgan fingerprint density at radius 2 is 1.93 bits per heavy atom. The van der Waals surface area contributed by atoms with E-state index in [4.69, 9.17) is 10.0 Å². The van der Waals surface area contributed by atoms with Crippen LogP contribution in [-0.2, 0) is 0 Å². The Hall–Kier alpha value is -1.26. The van der Waals surface area contributed by atoms with Crippen molar-refractivity contribution in [3.63, 3.8) is 0 Å². The molecule has 74 valence electrons. The Bertz CT molecular complexity index is 311. The Kier molecular flexibility index (Phi) is 3.33. The average Bonchev–Trinajstić information content (AvgIpc) is 2.16. The molecule has 0 saturated heterocycles. The third-order valence-corrected chi connectivity index (χ3v) is 2.01. The summed E-state index contributed by atoms with van der Waals surface area (Å²) in [7, 11) is 2.36. The van der Waals surface area contributed by atoms with Gasteiger partial charge in [0.1, 0.15) is 0 Å². The summed E-state index contributed by atoms with van der Waals surface area (Å²) in [6.07, 6.45) is 1.68. The molecule has 4 heteroatoms. The minimum atomic E-state index is -1.44. The van der Waals surface area contributed by atoms with Crippen LogP contribution in [0, 0.1) is 0 Å². The molecule has 1 rings (SSSR count). The van der Waals surface area contributed by atoms with Gasteiger partial charge in [-0.15, -0.1) is 0 Å². The van der Waals surface area contributed by atoms with Crippen molar-refractivity contribution >= 4 is 24.3 Å². The van der Waals surface area contributed by atoms with Gasteiger partial charge in [-0.25, -0.2) is 0 Å². The molecule has 0 amide bonds. The van der Waals surface area contributed by atoms with Gasteiger partial charge in [-0.1, -0.05) is 18.7 Å². The number of anilines is 1. The van der Waals surface area contributed by atoms with Gasteiger partial charge >= 0.3 is 7.12 Å². The lowest BCUT2D eigenvalue weighted by atomic mass is 9.79. The van der Waals surface area contributed by atoms with Crippen molar-refractivity contribution in [1.82, 2.24) is 0 Å². The van der Waals surface area contributed by atoms with Crippen molar-refractivity contribution < 1.29 is 10.0 Å². The second-order valence-corrected chi connectivity index (χ2v) is 3.33. The summed E-state index contributed by atoms with van der Waals surface area (Å²) in [5.41, 5.74) is 2.27.